The maximum atomic E-state index is 12.1. The van der Waals surface area contributed by atoms with Crippen molar-refractivity contribution >= 4 is 17.5 Å². The number of amides is 1. The van der Waals surface area contributed by atoms with Gasteiger partial charge in [0.05, 0.1) is 25.0 Å². The zero-order valence-corrected chi connectivity index (χ0v) is 11.9. The zero-order valence-electron chi connectivity index (χ0n) is 11.2. The van der Waals surface area contributed by atoms with E-state index in [1.54, 1.807) is 11.0 Å². The highest BCUT2D eigenvalue weighted by Crippen LogP contribution is 2.13. The van der Waals surface area contributed by atoms with Crippen LogP contribution < -0.4 is 0 Å². The number of carbonyl (C=O) groups is 1. The molecular formula is C15H16ClN3O. The van der Waals surface area contributed by atoms with Gasteiger partial charge in [-0.05, 0) is 24.1 Å². The van der Waals surface area contributed by atoms with Gasteiger partial charge < -0.3 is 4.90 Å². The Bertz CT molecular complexity index is 513. The first kappa shape index (κ1) is 16.0. The van der Waals surface area contributed by atoms with Crippen LogP contribution in [-0.2, 0) is 11.2 Å². The molecule has 1 aromatic carbocycles. The Kier molecular flexibility index (Phi) is 7.17. The molecule has 0 aliphatic heterocycles. The van der Waals surface area contributed by atoms with E-state index in [1.807, 2.05) is 30.3 Å². The third-order valence-electron chi connectivity index (χ3n) is 2.86. The Hall–Kier alpha value is -2.04. The van der Waals surface area contributed by atoms with E-state index >= 15 is 0 Å². The fourth-order valence-electron chi connectivity index (χ4n) is 1.83. The number of nitrogens with zero attached hydrogens (tertiary/aromatic N) is 3. The van der Waals surface area contributed by atoms with E-state index in [0.717, 1.165) is 5.56 Å². The second kappa shape index (κ2) is 8.96. The predicted octanol–water partition coefficient (Wildman–Crippen LogP) is 2.93. The van der Waals surface area contributed by atoms with Gasteiger partial charge in [-0.1, -0.05) is 23.7 Å². The van der Waals surface area contributed by atoms with Crippen molar-refractivity contribution in [3.8, 4) is 12.1 Å². The van der Waals surface area contributed by atoms with Crippen molar-refractivity contribution in [3.63, 3.8) is 0 Å². The molecule has 0 radical (unpaired) electrons. The lowest BCUT2D eigenvalue weighted by Gasteiger charge is -2.20. The molecule has 0 fully saturated rings. The molecule has 0 heterocycles. The quantitative estimate of drug-likeness (QED) is 0.775. The van der Waals surface area contributed by atoms with Crippen molar-refractivity contribution in [3.05, 3.63) is 34.9 Å². The van der Waals surface area contributed by atoms with Crippen LogP contribution in [0.1, 0.15) is 24.8 Å². The molecule has 1 amide bonds. The molecule has 4 nitrogen and oxygen atoms in total. The van der Waals surface area contributed by atoms with Crippen molar-refractivity contribution in [2.24, 2.45) is 0 Å². The molecule has 104 valence electrons. The molecular weight excluding hydrogens is 274 g/mol. The highest BCUT2D eigenvalue weighted by atomic mass is 35.5. The number of nitriles is 2. The van der Waals surface area contributed by atoms with Crippen LogP contribution in [0.15, 0.2) is 24.3 Å². The summed E-state index contributed by atoms with van der Waals surface area (Å²) in [7, 11) is 0. The van der Waals surface area contributed by atoms with Gasteiger partial charge >= 0.3 is 0 Å². The molecule has 0 aliphatic rings. The Morgan fingerprint density at radius 2 is 1.85 bits per heavy atom. The van der Waals surface area contributed by atoms with Crippen LogP contribution in [0.3, 0.4) is 0 Å². The smallest absolute Gasteiger partial charge is 0.222 e. The van der Waals surface area contributed by atoms with Gasteiger partial charge in [0.15, 0.2) is 0 Å². The highest BCUT2D eigenvalue weighted by Gasteiger charge is 2.12. The van der Waals surface area contributed by atoms with Crippen LogP contribution in [0.2, 0.25) is 5.02 Å². The number of hydrogen-bond donors (Lipinski definition) is 0. The number of hydrogen-bond acceptors (Lipinski definition) is 3. The molecule has 0 spiro atoms. The van der Waals surface area contributed by atoms with E-state index in [9.17, 15) is 4.79 Å². The van der Waals surface area contributed by atoms with Crippen LogP contribution in [0.25, 0.3) is 0 Å². The lowest BCUT2D eigenvalue weighted by Crippen LogP contribution is -2.32. The summed E-state index contributed by atoms with van der Waals surface area (Å²) in [4.78, 5) is 13.7. The molecule has 1 aromatic rings. The molecule has 0 saturated heterocycles. The molecule has 0 bridgehead atoms. The van der Waals surface area contributed by atoms with E-state index in [2.05, 4.69) is 0 Å². The van der Waals surface area contributed by atoms with Crippen molar-refractivity contribution in [2.75, 3.05) is 13.1 Å². The zero-order chi connectivity index (χ0) is 14.8. The monoisotopic (exact) mass is 289 g/mol. The minimum atomic E-state index is -0.0320. The fraction of sp³-hybridized carbons (Fsp3) is 0.400. The summed E-state index contributed by atoms with van der Waals surface area (Å²) < 4.78 is 0. The maximum absolute atomic E-state index is 12.1. The van der Waals surface area contributed by atoms with E-state index in [4.69, 9.17) is 22.1 Å². The lowest BCUT2D eigenvalue weighted by atomic mass is 10.1. The fourth-order valence-corrected chi connectivity index (χ4v) is 2.05. The van der Waals surface area contributed by atoms with Gasteiger partial charge in [0.25, 0.3) is 0 Å². The summed E-state index contributed by atoms with van der Waals surface area (Å²) in [5.74, 6) is -0.0320. The van der Waals surface area contributed by atoms with Crippen molar-refractivity contribution in [2.45, 2.75) is 25.7 Å². The molecule has 0 saturated carbocycles. The first-order valence-corrected chi connectivity index (χ1v) is 6.81. The molecule has 0 atom stereocenters. The topological polar surface area (TPSA) is 67.9 Å². The lowest BCUT2D eigenvalue weighted by molar-refractivity contribution is -0.131. The van der Waals surface area contributed by atoms with Crippen molar-refractivity contribution < 1.29 is 4.79 Å². The van der Waals surface area contributed by atoms with Gasteiger partial charge in [-0.15, -0.1) is 0 Å². The summed E-state index contributed by atoms with van der Waals surface area (Å²) in [6, 6.07) is 11.4. The van der Waals surface area contributed by atoms with Crippen molar-refractivity contribution in [1.82, 2.24) is 4.90 Å². The summed E-state index contributed by atoms with van der Waals surface area (Å²) >= 11 is 5.89. The average Bonchev–Trinajstić information content (AvgIpc) is 2.45. The van der Waals surface area contributed by atoms with Crippen LogP contribution in [0, 0.1) is 22.7 Å². The molecule has 20 heavy (non-hydrogen) atoms. The minimum absolute atomic E-state index is 0.0320. The summed E-state index contributed by atoms with van der Waals surface area (Å²) in [6.45, 7) is 0.763. The van der Waals surface area contributed by atoms with Crippen LogP contribution >= 0.6 is 11.6 Å². The molecule has 0 aliphatic carbocycles. The highest BCUT2D eigenvalue weighted by molar-refractivity contribution is 6.30. The molecule has 5 heteroatoms. The van der Waals surface area contributed by atoms with E-state index in [-0.39, 0.29) is 18.7 Å². The Morgan fingerprint density at radius 1 is 1.20 bits per heavy atom. The second-order valence-electron chi connectivity index (χ2n) is 4.33. The summed E-state index contributed by atoms with van der Waals surface area (Å²) in [5.41, 5.74) is 1.01. The van der Waals surface area contributed by atoms with Gasteiger partial charge in [-0.25, -0.2) is 0 Å². The van der Waals surface area contributed by atoms with E-state index < -0.39 is 0 Å². The normalized spacial score (nSPS) is 9.55. The van der Waals surface area contributed by atoms with E-state index in [0.29, 0.717) is 31.0 Å². The SMILES string of the molecule is N#CCCN(CCC#N)C(=O)CCc1cccc(Cl)c1. The first-order chi connectivity index (χ1) is 9.67. The molecule has 0 unspecified atom stereocenters. The number of carbonyl (C=O) groups excluding carboxylic acids is 1. The standard InChI is InChI=1S/C15H16ClN3O/c16-14-5-1-4-13(12-14)6-7-15(20)19(10-2-8-17)11-3-9-18/h1,4-5,12H,2-3,6-7,10-11H2. The van der Waals surface area contributed by atoms with Gasteiger partial charge in [0, 0.05) is 24.5 Å². The van der Waals surface area contributed by atoms with Gasteiger partial charge in [-0.3, -0.25) is 4.79 Å². The number of aryl methyl sites for hydroxylation is 1. The average molecular weight is 290 g/mol. The van der Waals surface area contributed by atoms with Crippen LogP contribution in [-0.4, -0.2) is 23.9 Å². The van der Waals surface area contributed by atoms with Gasteiger partial charge in [0.1, 0.15) is 0 Å². The summed E-state index contributed by atoms with van der Waals surface area (Å²) in [5, 5.41) is 17.8. The first-order valence-electron chi connectivity index (χ1n) is 6.43. The largest absolute Gasteiger partial charge is 0.341 e. The van der Waals surface area contributed by atoms with E-state index in [1.165, 1.54) is 0 Å². The number of benzene rings is 1. The third-order valence-corrected chi connectivity index (χ3v) is 3.09. The van der Waals surface area contributed by atoms with Crippen LogP contribution in [0.5, 0.6) is 0 Å². The Labute approximate surface area is 124 Å². The minimum Gasteiger partial charge on any atom is -0.341 e. The molecule has 0 aromatic heterocycles. The van der Waals surface area contributed by atoms with Crippen molar-refractivity contribution in [1.29, 1.82) is 10.5 Å². The summed E-state index contributed by atoms with van der Waals surface area (Å²) in [6.07, 6.45) is 1.54. The molecule has 0 N–H and O–H groups in total. The third kappa shape index (κ3) is 5.73. The number of halogens is 1. The van der Waals surface area contributed by atoms with Gasteiger partial charge in [-0.2, -0.15) is 10.5 Å². The second-order valence-corrected chi connectivity index (χ2v) is 4.76. The Balaban J connectivity index is 2.53. The van der Waals surface area contributed by atoms with Gasteiger partial charge in [0.2, 0.25) is 5.91 Å². The predicted molar refractivity (Wildman–Crippen MR) is 76.8 cm³/mol. The number of rotatable bonds is 7. The maximum Gasteiger partial charge on any atom is 0.222 e. The molecule has 1 rings (SSSR count). The van der Waals surface area contributed by atoms with Crippen LogP contribution in [0.4, 0.5) is 0 Å². The Morgan fingerprint density at radius 3 is 2.40 bits per heavy atom.